The molecule has 0 atom stereocenters. The standard InChI is InChI=1S/C13H18BrNO2/c1-9-7-10(14)5-6-11(9)15-12(16)8-17-13(2,3)4/h5-7H,8H2,1-4H3,(H,15,16). The van der Waals surface area contributed by atoms with Crippen molar-refractivity contribution in [1.82, 2.24) is 0 Å². The summed E-state index contributed by atoms with van der Waals surface area (Å²) in [4.78, 5) is 11.6. The number of rotatable bonds is 3. The molecule has 0 spiro atoms. The summed E-state index contributed by atoms with van der Waals surface area (Å²) in [6, 6.07) is 5.72. The fraction of sp³-hybridized carbons (Fsp3) is 0.462. The second kappa shape index (κ2) is 5.65. The summed E-state index contributed by atoms with van der Waals surface area (Å²) >= 11 is 3.38. The van der Waals surface area contributed by atoms with E-state index in [9.17, 15) is 4.79 Å². The van der Waals surface area contributed by atoms with Gasteiger partial charge in [0.1, 0.15) is 6.61 Å². The van der Waals surface area contributed by atoms with Crippen LogP contribution >= 0.6 is 15.9 Å². The van der Waals surface area contributed by atoms with E-state index in [2.05, 4.69) is 21.2 Å². The minimum atomic E-state index is -0.300. The maximum absolute atomic E-state index is 11.6. The van der Waals surface area contributed by atoms with E-state index in [4.69, 9.17) is 4.74 Å². The van der Waals surface area contributed by atoms with Crippen LogP contribution in [0.3, 0.4) is 0 Å². The molecule has 1 aromatic rings. The summed E-state index contributed by atoms with van der Waals surface area (Å²) < 4.78 is 6.40. The van der Waals surface area contributed by atoms with E-state index in [1.807, 2.05) is 45.9 Å². The highest BCUT2D eigenvalue weighted by Gasteiger charge is 2.13. The largest absolute Gasteiger partial charge is 0.366 e. The molecule has 0 unspecified atom stereocenters. The lowest BCUT2D eigenvalue weighted by Crippen LogP contribution is -2.27. The van der Waals surface area contributed by atoms with E-state index < -0.39 is 0 Å². The zero-order chi connectivity index (χ0) is 13.1. The number of anilines is 1. The van der Waals surface area contributed by atoms with Gasteiger partial charge in [0, 0.05) is 10.2 Å². The molecule has 1 rings (SSSR count). The van der Waals surface area contributed by atoms with Gasteiger partial charge in [0.05, 0.1) is 5.60 Å². The van der Waals surface area contributed by atoms with Crippen molar-refractivity contribution in [2.45, 2.75) is 33.3 Å². The summed E-state index contributed by atoms with van der Waals surface area (Å²) in [5.41, 5.74) is 1.53. The normalized spacial score (nSPS) is 11.4. The van der Waals surface area contributed by atoms with Gasteiger partial charge in [0.2, 0.25) is 5.91 Å². The Morgan fingerprint density at radius 2 is 2.06 bits per heavy atom. The second-order valence-electron chi connectivity index (χ2n) is 4.91. The Kier molecular flexibility index (Phi) is 4.71. The quantitative estimate of drug-likeness (QED) is 0.927. The lowest BCUT2D eigenvalue weighted by molar-refractivity contribution is -0.125. The third-order valence-corrected chi connectivity index (χ3v) is 2.59. The highest BCUT2D eigenvalue weighted by molar-refractivity contribution is 9.10. The second-order valence-corrected chi connectivity index (χ2v) is 5.82. The van der Waals surface area contributed by atoms with Gasteiger partial charge in [-0.2, -0.15) is 0 Å². The zero-order valence-electron chi connectivity index (χ0n) is 10.6. The Bertz CT molecular complexity index is 410. The molecular weight excluding hydrogens is 282 g/mol. The SMILES string of the molecule is Cc1cc(Br)ccc1NC(=O)COC(C)(C)C. The molecule has 0 aliphatic rings. The van der Waals surface area contributed by atoms with Gasteiger partial charge in [-0.05, 0) is 51.5 Å². The number of carbonyl (C=O) groups is 1. The average Bonchev–Trinajstić information content (AvgIpc) is 2.18. The molecule has 3 nitrogen and oxygen atoms in total. The first-order chi connectivity index (χ1) is 7.78. The van der Waals surface area contributed by atoms with Crippen LogP contribution in [-0.4, -0.2) is 18.1 Å². The van der Waals surface area contributed by atoms with Crippen LogP contribution < -0.4 is 5.32 Å². The number of hydrogen-bond acceptors (Lipinski definition) is 2. The van der Waals surface area contributed by atoms with Crippen molar-refractivity contribution in [2.24, 2.45) is 0 Å². The van der Waals surface area contributed by atoms with Gasteiger partial charge in [0.15, 0.2) is 0 Å². The van der Waals surface area contributed by atoms with Crippen LogP contribution in [-0.2, 0) is 9.53 Å². The van der Waals surface area contributed by atoms with E-state index >= 15 is 0 Å². The van der Waals surface area contributed by atoms with E-state index in [1.54, 1.807) is 0 Å². The molecule has 0 radical (unpaired) electrons. The highest BCUT2D eigenvalue weighted by atomic mass is 79.9. The Balaban J connectivity index is 2.57. The minimum absolute atomic E-state index is 0.0685. The van der Waals surface area contributed by atoms with Crippen LogP contribution in [0.2, 0.25) is 0 Å². The highest BCUT2D eigenvalue weighted by Crippen LogP contribution is 2.20. The molecule has 0 aliphatic carbocycles. The van der Waals surface area contributed by atoms with Crippen LogP contribution in [0.15, 0.2) is 22.7 Å². The fourth-order valence-corrected chi connectivity index (χ4v) is 1.71. The number of nitrogens with one attached hydrogen (secondary N) is 1. The molecule has 0 aliphatic heterocycles. The zero-order valence-corrected chi connectivity index (χ0v) is 12.2. The summed E-state index contributed by atoms with van der Waals surface area (Å²) in [5.74, 6) is -0.134. The van der Waals surface area contributed by atoms with Crippen molar-refractivity contribution < 1.29 is 9.53 Å². The van der Waals surface area contributed by atoms with Gasteiger partial charge in [-0.25, -0.2) is 0 Å². The molecular formula is C13H18BrNO2. The molecule has 94 valence electrons. The topological polar surface area (TPSA) is 38.3 Å². The van der Waals surface area contributed by atoms with Crippen LogP contribution in [0.1, 0.15) is 26.3 Å². The fourth-order valence-electron chi connectivity index (χ4n) is 1.24. The number of aryl methyl sites for hydroxylation is 1. The van der Waals surface area contributed by atoms with E-state index in [0.29, 0.717) is 0 Å². The average molecular weight is 300 g/mol. The van der Waals surface area contributed by atoms with Crippen molar-refractivity contribution in [3.05, 3.63) is 28.2 Å². The molecule has 1 aromatic carbocycles. The van der Waals surface area contributed by atoms with Gasteiger partial charge < -0.3 is 10.1 Å². The number of ether oxygens (including phenoxy) is 1. The summed E-state index contributed by atoms with van der Waals surface area (Å²) in [5, 5.41) is 2.83. The number of carbonyl (C=O) groups excluding carboxylic acids is 1. The maximum Gasteiger partial charge on any atom is 0.250 e. The third-order valence-electron chi connectivity index (χ3n) is 2.10. The molecule has 0 saturated carbocycles. The third kappa shape index (κ3) is 5.33. The summed E-state index contributed by atoms with van der Waals surface area (Å²) in [7, 11) is 0. The lowest BCUT2D eigenvalue weighted by atomic mass is 10.2. The first-order valence-electron chi connectivity index (χ1n) is 5.48. The van der Waals surface area contributed by atoms with Gasteiger partial charge in [-0.1, -0.05) is 15.9 Å². The molecule has 0 bridgehead atoms. The smallest absolute Gasteiger partial charge is 0.250 e. The molecule has 0 saturated heterocycles. The number of halogens is 1. The van der Waals surface area contributed by atoms with E-state index in [0.717, 1.165) is 15.7 Å². The van der Waals surface area contributed by atoms with Crippen LogP contribution in [0, 0.1) is 6.92 Å². The predicted molar refractivity (Wildman–Crippen MR) is 73.2 cm³/mol. The summed E-state index contributed by atoms with van der Waals surface area (Å²) in [6.45, 7) is 7.78. The van der Waals surface area contributed by atoms with Gasteiger partial charge in [0.25, 0.3) is 0 Å². The van der Waals surface area contributed by atoms with Crippen molar-refractivity contribution in [2.75, 3.05) is 11.9 Å². The number of benzene rings is 1. The maximum atomic E-state index is 11.6. The monoisotopic (exact) mass is 299 g/mol. The van der Waals surface area contributed by atoms with Gasteiger partial charge in [-0.15, -0.1) is 0 Å². The van der Waals surface area contributed by atoms with E-state index in [1.165, 1.54) is 0 Å². The minimum Gasteiger partial charge on any atom is -0.366 e. The first-order valence-corrected chi connectivity index (χ1v) is 6.27. The van der Waals surface area contributed by atoms with Crippen molar-refractivity contribution in [1.29, 1.82) is 0 Å². The molecule has 0 heterocycles. The molecule has 0 fully saturated rings. The van der Waals surface area contributed by atoms with Crippen LogP contribution in [0.5, 0.6) is 0 Å². The molecule has 17 heavy (non-hydrogen) atoms. The van der Waals surface area contributed by atoms with Gasteiger partial charge >= 0.3 is 0 Å². The van der Waals surface area contributed by atoms with E-state index in [-0.39, 0.29) is 18.1 Å². The summed E-state index contributed by atoms with van der Waals surface area (Å²) in [6.07, 6.45) is 0. The van der Waals surface area contributed by atoms with Crippen LogP contribution in [0.4, 0.5) is 5.69 Å². The number of hydrogen-bond donors (Lipinski definition) is 1. The van der Waals surface area contributed by atoms with Gasteiger partial charge in [-0.3, -0.25) is 4.79 Å². The van der Waals surface area contributed by atoms with Crippen LogP contribution in [0.25, 0.3) is 0 Å². The number of amides is 1. The lowest BCUT2D eigenvalue weighted by Gasteiger charge is -2.19. The molecule has 1 amide bonds. The van der Waals surface area contributed by atoms with Crippen molar-refractivity contribution in [3.63, 3.8) is 0 Å². The van der Waals surface area contributed by atoms with Crippen molar-refractivity contribution in [3.8, 4) is 0 Å². The Morgan fingerprint density at radius 1 is 1.41 bits per heavy atom. The first kappa shape index (κ1) is 14.2. The van der Waals surface area contributed by atoms with Crippen molar-refractivity contribution >= 4 is 27.5 Å². The molecule has 1 N–H and O–H groups in total. The molecule has 4 heteroatoms. The molecule has 0 aromatic heterocycles. The Labute approximate surface area is 111 Å². The Hall–Kier alpha value is -0.870. The Morgan fingerprint density at radius 3 is 2.59 bits per heavy atom. The predicted octanol–water partition coefficient (Wildman–Crippen LogP) is 3.51.